The first kappa shape index (κ1) is 17.2. The molecule has 0 fully saturated rings. The van der Waals surface area contributed by atoms with Crippen molar-refractivity contribution in [1.82, 2.24) is 4.72 Å². The minimum atomic E-state index is -3.91. The first-order valence-electron chi connectivity index (χ1n) is 7.16. The first-order valence-corrected chi connectivity index (χ1v) is 8.64. The number of rotatable bonds is 6. The minimum absolute atomic E-state index is 0.0836. The van der Waals surface area contributed by atoms with E-state index in [2.05, 4.69) is 4.72 Å². The van der Waals surface area contributed by atoms with E-state index in [1.54, 1.807) is 50.2 Å². The van der Waals surface area contributed by atoms with Gasteiger partial charge in [-0.3, -0.25) is 4.79 Å². The zero-order chi connectivity index (χ0) is 17.0. The van der Waals surface area contributed by atoms with Gasteiger partial charge in [0.05, 0.1) is 4.90 Å². The molecule has 0 spiro atoms. The second kappa shape index (κ2) is 6.93. The van der Waals surface area contributed by atoms with Gasteiger partial charge in [0.15, 0.2) is 0 Å². The number of carboxylic acid groups (broad SMARTS) is 1. The third-order valence-corrected chi connectivity index (χ3v) is 5.12. The van der Waals surface area contributed by atoms with Crippen LogP contribution >= 0.6 is 0 Å². The fourth-order valence-electron chi connectivity index (χ4n) is 2.28. The Morgan fingerprint density at radius 1 is 1.13 bits per heavy atom. The normalized spacial score (nSPS) is 12.8. The summed E-state index contributed by atoms with van der Waals surface area (Å²) in [5.74, 6) is -1.21. The molecule has 2 aromatic rings. The predicted molar refractivity (Wildman–Crippen MR) is 87.8 cm³/mol. The maximum atomic E-state index is 12.5. The van der Waals surface area contributed by atoms with Crippen molar-refractivity contribution in [3.05, 3.63) is 65.2 Å². The Morgan fingerprint density at radius 3 is 2.39 bits per heavy atom. The van der Waals surface area contributed by atoms with E-state index >= 15 is 0 Å². The lowest BCUT2D eigenvalue weighted by Crippen LogP contribution is -2.42. The summed E-state index contributed by atoms with van der Waals surface area (Å²) in [4.78, 5) is 11.5. The molecule has 0 aromatic heterocycles. The van der Waals surface area contributed by atoms with Crippen LogP contribution in [0.2, 0.25) is 0 Å². The number of hydrogen-bond donors (Lipinski definition) is 2. The highest BCUT2D eigenvalue weighted by molar-refractivity contribution is 7.89. The molecule has 2 aromatic carbocycles. The molecule has 23 heavy (non-hydrogen) atoms. The summed E-state index contributed by atoms with van der Waals surface area (Å²) < 4.78 is 27.4. The maximum Gasteiger partial charge on any atom is 0.322 e. The summed E-state index contributed by atoms with van der Waals surface area (Å²) in [6.45, 7) is 3.47. The SMILES string of the molecule is Cc1ccc(C)c(S(=O)(=O)N[C@H](Cc2ccccc2)C(=O)O)c1. The molecular weight excluding hydrogens is 314 g/mol. The van der Waals surface area contributed by atoms with Crippen LogP contribution in [0.1, 0.15) is 16.7 Å². The van der Waals surface area contributed by atoms with Crippen molar-refractivity contribution in [1.29, 1.82) is 0 Å². The van der Waals surface area contributed by atoms with E-state index in [4.69, 9.17) is 0 Å². The molecule has 0 saturated carbocycles. The Morgan fingerprint density at radius 2 is 1.78 bits per heavy atom. The van der Waals surface area contributed by atoms with Crippen LogP contribution in [0.5, 0.6) is 0 Å². The quantitative estimate of drug-likeness (QED) is 0.849. The number of benzene rings is 2. The Kier molecular flexibility index (Phi) is 5.18. The van der Waals surface area contributed by atoms with Crippen LogP contribution in [0.4, 0.5) is 0 Å². The van der Waals surface area contributed by atoms with Gasteiger partial charge in [-0.05, 0) is 43.0 Å². The van der Waals surface area contributed by atoms with Gasteiger partial charge in [0.25, 0.3) is 0 Å². The van der Waals surface area contributed by atoms with E-state index in [0.29, 0.717) is 5.56 Å². The van der Waals surface area contributed by atoms with Crippen LogP contribution < -0.4 is 4.72 Å². The van der Waals surface area contributed by atoms with Crippen molar-refractivity contribution in [2.24, 2.45) is 0 Å². The number of nitrogens with one attached hydrogen (secondary N) is 1. The number of aliphatic carboxylic acids is 1. The minimum Gasteiger partial charge on any atom is -0.480 e. The lowest BCUT2D eigenvalue weighted by molar-refractivity contribution is -0.138. The second-order valence-electron chi connectivity index (χ2n) is 5.47. The zero-order valence-electron chi connectivity index (χ0n) is 13.0. The zero-order valence-corrected chi connectivity index (χ0v) is 13.8. The number of carboxylic acids is 1. The number of hydrogen-bond acceptors (Lipinski definition) is 3. The molecule has 6 heteroatoms. The Balaban J connectivity index is 2.28. The van der Waals surface area contributed by atoms with Crippen molar-refractivity contribution in [2.45, 2.75) is 31.2 Å². The van der Waals surface area contributed by atoms with Crippen LogP contribution in [-0.2, 0) is 21.2 Å². The molecule has 0 amide bonds. The number of sulfonamides is 1. The smallest absolute Gasteiger partial charge is 0.322 e. The van der Waals surface area contributed by atoms with Crippen molar-refractivity contribution in [3.63, 3.8) is 0 Å². The Bertz CT molecular complexity index is 801. The van der Waals surface area contributed by atoms with Crippen LogP contribution in [0.15, 0.2) is 53.4 Å². The third-order valence-electron chi connectivity index (χ3n) is 3.51. The standard InChI is InChI=1S/C17H19NO4S/c1-12-8-9-13(2)16(10-12)23(21,22)18-15(17(19)20)11-14-6-4-3-5-7-14/h3-10,15,18H,11H2,1-2H3,(H,19,20)/t15-/m1/s1. The molecule has 2 rings (SSSR count). The summed E-state index contributed by atoms with van der Waals surface area (Å²) >= 11 is 0. The van der Waals surface area contributed by atoms with Crippen LogP contribution in [-0.4, -0.2) is 25.5 Å². The highest BCUT2D eigenvalue weighted by Crippen LogP contribution is 2.17. The van der Waals surface area contributed by atoms with E-state index in [1.807, 2.05) is 12.1 Å². The van der Waals surface area contributed by atoms with E-state index in [1.165, 1.54) is 0 Å². The van der Waals surface area contributed by atoms with Gasteiger partial charge in [-0.25, -0.2) is 8.42 Å². The second-order valence-corrected chi connectivity index (χ2v) is 7.15. The average Bonchev–Trinajstić information content (AvgIpc) is 2.49. The molecule has 0 unspecified atom stereocenters. The van der Waals surface area contributed by atoms with E-state index < -0.39 is 22.0 Å². The van der Waals surface area contributed by atoms with E-state index in [-0.39, 0.29) is 11.3 Å². The summed E-state index contributed by atoms with van der Waals surface area (Å²) in [7, 11) is -3.91. The Labute approximate surface area is 136 Å². The molecule has 0 aliphatic heterocycles. The van der Waals surface area contributed by atoms with Gasteiger partial charge < -0.3 is 5.11 Å². The van der Waals surface area contributed by atoms with Crippen molar-refractivity contribution in [3.8, 4) is 0 Å². The molecule has 122 valence electrons. The largest absolute Gasteiger partial charge is 0.480 e. The first-order chi connectivity index (χ1) is 10.8. The predicted octanol–water partition coefficient (Wildman–Crippen LogP) is 2.28. The fourth-order valence-corrected chi connectivity index (χ4v) is 3.80. The molecule has 0 saturated heterocycles. The van der Waals surface area contributed by atoms with Gasteiger partial charge in [-0.2, -0.15) is 4.72 Å². The number of carbonyl (C=O) groups is 1. The van der Waals surface area contributed by atoms with Crippen LogP contribution in [0.3, 0.4) is 0 Å². The lowest BCUT2D eigenvalue weighted by Gasteiger charge is -2.16. The summed E-state index contributed by atoms with van der Waals surface area (Å²) in [6.07, 6.45) is 0.0836. The molecule has 5 nitrogen and oxygen atoms in total. The topological polar surface area (TPSA) is 83.5 Å². The highest BCUT2D eigenvalue weighted by atomic mass is 32.2. The van der Waals surface area contributed by atoms with Crippen LogP contribution in [0, 0.1) is 13.8 Å². The van der Waals surface area contributed by atoms with Gasteiger partial charge in [0, 0.05) is 0 Å². The van der Waals surface area contributed by atoms with Crippen molar-refractivity contribution in [2.75, 3.05) is 0 Å². The molecule has 0 aliphatic carbocycles. The van der Waals surface area contributed by atoms with Crippen LogP contribution in [0.25, 0.3) is 0 Å². The average molecular weight is 333 g/mol. The van der Waals surface area contributed by atoms with Gasteiger partial charge in [0.1, 0.15) is 6.04 Å². The molecule has 0 aliphatic rings. The summed E-state index contributed by atoms with van der Waals surface area (Å²) in [6, 6.07) is 12.8. The lowest BCUT2D eigenvalue weighted by atomic mass is 10.1. The fraction of sp³-hybridized carbons (Fsp3) is 0.235. The molecule has 2 N–H and O–H groups in total. The highest BCUT2D eigenvalue weighted by Gasteiger charge is 2.26. The van der Waals surface area contributed by atoms with Crippen molar-refractivity contribution < 1.29 is 18.3 Å². The van der Waals surface area contributed by atoms with E-state index in [0.717, 1.165) is 11.1 Å². The molecule has 0 radical (unpaired) electrons. The van der Waals surface area contributed by atoms with Gasteiger partial charge in [-0.15, -0.1) is 0 Å². The Hall–Kier alpha value is -2.18. The monoisotopic (exact) mass is 333 g/mol. The van der Waals surface area contributed by atoms with Crippen molar-refractivity contribution >= 4 is 16.0 Å². The van der Waals surface area contributed by atoms with Gasteiger partial charge >= 0.3 is 5.97 Å². The molecule has 0 bridgehead atoms. The summed E-state index contributed by atoms with van der Waals surface area (Å²) in [5, 5.41) is 9.34. The van der Waals surface area contributed by atoms with Gasteiger partial charge in [-0.1, -0.05) is 42.5 Å². The van der Waals surface area contributed by atoms with E-state index in [9.17, 15) is 18.3 Å². The number of aryl methyl sites for hydroxylation is 2. The van der Waals surface area contributed by atoms with Gasteiger partial charge in [0.2, 0.25) is 10.0 Å². The maximum absolute atomic E-state index is 12.5. The molecular formula is C17H19NO4S. The molecule has 0 heterocycles. The third kappa shape index (κ3) is 4.40. The molecule has 1 atom stereocenters. The summed E-state index contributed by atoms with van der Waals surface area (Å²) in [5.41, 5.74) is 2.13.